The second-order valence-corrected chi connectivity index (χ2v) is 9.94. The van der Waals surface area contributed by atoms with Crippen molar-refractivity contribution in [1.82, 2.24) is 23.9 Å². The van der Waals surface area contributed by atoms with E-state index in [1.165, 1.54) is 9.21 Å². The molecule has 10 heteroatoms. The first-order valence-electron chi connectivity index (χ1n) is 8.76. The predicted octanol–water partition coefficient (Wildman–Crippen LogP) is -1.13. The largest absolute Gasteiger partial charge is 0.366 e. The second-order valence-electron chi connectivity index (χ2n) is 7.82. The van der Waals surface area contributed by atoms with Crippen LogP contribution in [0, 0.1) is 0 Å². The average molecular weight is 383 g/mol. The number of aromatic nitrogens is 2. The number of amides is 1. The van der Waals surface area contributed by atoms with Crippen LogP contribution in [0.1, 0.15) is 12.0 Å². The van der Waals surface area contributed by atoms with Gasteiger partial charge in [-0.3, -0.25) is 14.4 Å². The zero-order valence-electron chi connectivity index (χ0n) is 15.3. The zero-order chi connectivity index (χ0) is 18.7. The first kappa shape index (κ1) is 17.9. The van der Waals surface area contributed by atoms with Crippen LogP contribution in [0.25, 0.3) is 0 Å². The number of nitrogens with zero attached hydrogens (tertiary/aromatic N) is 5. The monoisotopic (exact) mass is 383 g/mol. The molecule has 0 unspecified atom stereocenters. The first-order chi connectivity index (χ1) is 12.2. The highest BCUT2D eigenvalue weighted by atomic mass is 32.2. The van der Waals surface area contributed by atoms with Crippen molar-refractivity contribution in [3.05, 3.63) is 18.0 Å². The minimum atomic E-state index is -3.53. The molecular weight excluding hydrogens is 358 g/mol. The van der Waals surface area contributed by atoms with Gasteiger partial charge in [-0.05, 0) is 6.42 Å². The summed E-state index contributed by atoms with van der Waals surface area (Å²) in [4.78, 5) is 15.7. The van der Waals surface area contributed by atoms with Gasteiger partial charge in [-0.1, -0.05) is 0 Å². The van der Waals surface area contributed by atoms with Crippen LogP contribution in [0.2, 0.25) is 0 Å². The van der Waals surface area contributed by atoms with Crippen molar-refractivity contribution >= 4 is 15.9 Å². The van der Waals surface area contributed by atoms with Crippen LogP contribution in [-0.2, 0) is 33.1 Å². The third-order valence-corrected chi connectivity index (χ3v) is 7.88. The van der Waals surface area contributed by atoms with Gasteiger partial charge in [0.25, 0.3) is 0 Å². The molecule has 3 aliphatic rings. The molecule has 0 aromatic carbocycles. The highest BCUT2D eigenvalue weighted by Gasteiger charge is 2.65. The molecule has 0 radical (unpaired) electrons. The Kier molecular flexibility index (Phi) is 4.14. The molecule has 1 aromatic rings. The number of hydrogen-bond acceptors (Lipinski definition) is 6. The Bertz CT molecular complexity index is 822. The Morgan fingerprint density at radius 1 is 1.42 bits per heavy atom. The van der Waals surface area contributed by atoms with Crippen molar-refractivity contribution in [3.63, 3.8) is 0 Å². The maximum absolute atomic E-state index is 13.0. The zero-order valence-corrected chi connectivity index (χ0v) is 16.1. The van der Waals surface area contributed by atoms with Gasteiger partial charge in [-0.15, -0.1) is 0 Å². The van der Waals surface area contributed by atoms with E-state index in [9.17, 15) is 13.2 Å². The summed E-state index contributed by atoms with van der Waals surface area (Å²) in [7, 11) is 1.61. The molecule has 144 valence electrons. The van der Waals surface area contributed by atoms with E-state index in [0.29, 0.717) is 13.0 Å². The van der Waals surface area contributed by atoms with Gasteiger partial charge in [-0.2, -0.15) is 9.40 Å². The van der Waals surface area contributed by atoms with Crippen LogP contribution in [0.4, 0.5) is 0 Å². The fourth-order valence-electron chi connectivity index (χ4n) is 4.41. The molecule has 0 saturated carbocycles. The number of rotatable bonds is 4. The van der Waals surface area contributed by atoms with Crippen LogP contribution in [-0.4, -0.2) is 95.4 Å². The minimum Gasteiger partial charge on any atom is -0.366 e. The Morgan fingerprint density at radius 2 is 2.19 bits per heavy atom. The fraction of sp³-hybridized carbons (Fsp3) is 0.750. The predicted molar refractivity (Wildman–Crippen MR) is 93.7 cm³/mol. The fourth-order valence-corrected chi connectivity index (χ4v) is 6.67. The van der Waals surface area contributed by atoms with Gasteiger partial charge in [-0.25, -0.2) is 8.42 Å². The highest BCUT2D eigenvalue weighted by molar-refractivity contribution is 7.90. The second kappa shape index (κ2) is 6.01. The Morgan fingerprint density at radius 3 is 2.85 bits per heavy atom. The van der Waals surface area contributed by atoms with Crippen molar-refractivity contribution in [1.29, 1.82) is 0 Å². The molecule has 2 bridgehead atoms. The highest BCUT2D eigenvalue weighted by Crippen LogP contribution is 2.46. The number of likely N-dealkylation sites (N-methyl/N-ethyl adjacent to an activating group) is 1. The molecule has 3 fully saturated rings. The summed E-state index contributed by atoms with van der Waals surface area (Å²) in [6, 6.07) is 0. The summed E-state index contributed by atoms with van der Waals surface area (Å²) in [5.41, 5.74) is 0.360. The van der Waals surface area contributed by atoms with E-state index in [-0.39, 0.29) is 25.1 Å². The van der Waals surface area contributed by atoms with E-state index in [2.05, 4.69) is 10.00 Å². The number of fused-ring (bicyclic) bond motifs is 1. The molecule has 4 rings (SSSR count). The smallest absolute Gasteiger partial charge is 0.237 e. The van der Waals surface area contributed by atoms with Gasteiger partial charge in [0.2, 0.25) is 15.9 Å². The number of aryl methyl sites for hydroxylation is 1. The topological polar surface area (TPSA) is 88.0 Å². The number of morpholine rings is 1. The summed E-state index contributed by atoms with van der Waals surface area (Å²) in [6.07, 6.45) is 4.23. The van der Waals surface area contributed by atoms with E-state index in [1.54, 1.807) is 18.8 Å². The number of carbonyl (C=O) groups excluding carboxylic acids is 1. The van der Waals surface area contributed by atoms with Crippen LogP contribution in [0.3, 0.4) is 0 Å². The lowest BCUT2D eigenvalue weighted by Crippen LogP contribution is -2.54. The molecule has 1 spiro atoms. The third kappa shape index (κ3) is 2.84. The van der Waals surface area contributed by atoms with Gasteiger partial charge < -0.3 is 9.64 Å². The standard InChI is InChI=1S/C16H25N5O4S/c1-18(2)15(22)9-21-11-16-10-20(7-12-5-17-19(3)6-12)8-13(25-16)4-14(16)26(21,23)24/h5-6,13-14H,4,7-11H2,1-3H3/t13-,14+,16+/m1/s1. The van der Waals surface area contributed by atoms with Crippen LogP contribution < -0.4 is 0 Å². The van der Waals surface area contributed by atoms with Crippen molar-refractivity contribution in [2.45, 2.75) is 29.9 Å². The van der Waals surface area contributed by atoms with Crippen LogP contribution >= 0.6 is 0 Å². The molecule has 4 heterocycles. The maximum atomic E-state index is 13.0. The van der Waals surface area contributed by atoms with Crippen molar-refractivity contribution in [2.24, 2.45) is 7.05 Å². The average Bonchev–Trinajstić information content (AvgIpc) is 3.12. The summed E-state index contributed by atoms with van der Waals surface area (Å²) < 4.78 is 35.2. The number of ether oxygens (including phenoxy) is 1. The van der Waals surface area contributed by atoms with Gasteiger partial charge in [0.05, 0.1) is 18.8 Å². The Balaban J connectivity index is 1.54. The molecule has 9 nitrogen and oxygen atoms in total. The quantitative estimate of drug-likeness (QED) is 0.654. The van der Waals surface area contributed by atoms with Gasteiger partial charge in [0.15, 0.2) is 0 Å². The van der Waals surface area contributed by atoms with Gasteiger partial charge in [0.1, 0.15) is 10.9 Å². The summed E-state index contributed by atoms with van der Waals surface area (Å²) in [5.74, 6) is -0.218. The molecular formula is C16H25N5O4S. The third-order valence-electron chi connectivity index (χ3n) is 5.56. The van der Waals surface area contributed by atoms with Crippen molar-refractivity contribution in [2.75, 3.05) is 40.3 Å². The van der Waals surface area contributed by atoms with E-state index in [0.717, 1.165) is 18.7 Å². The summed E-state index contributed by atoms with van der Waals surface area (Å²) in [6.45, 7) is 2.12. The number of likely N-dealkylation sites (tertiary alicyclic amines) is 1. The maximum Gasteiger partial charge on any atom is 0.237 e. The molecule has 0 N–H and O–H groups in total. The number of sulfonamides is 1. The van der Waals surface area contributed by atoms with Crippen LogP contribution in [0.5, 0.6) is 0 Å². The normalized spacial score (nSPS) is 33.3. The molecule has 3 aliphatic heterocycles. The van der Waals surface area contributed by atoms with Gasteiger partial charge in [0, 0.05) is 59.1 Å². The first-order valence-corrected chi connectivity index (χ1v) is 10.3. The van der Waals surface area contributed by atoms with Gasteiger partial charge >= 0.3 is 0 Å². The lowest BCUT2D eigenvalue weighted by atomic mass is 9.99. The van der Waals surface area contributed by atoms with Crippen molar-refractivity contribution < 1.29 is 17.9 Å². The Labute approximate surface area is 153 Å². The van der Waals surface area contributed by atoms with E-state index < -0.39 is 20.9 Å². The van der Waals surface area contributed by atoms with Crippen molar-refractivity contribution in [3.8, 4) is 0 Å². The lowest BCUT2D eigenvalue weighted by Gasteiger charge is -2.39. The molecule has 1 amide bonds. The van der Waals surface area contributed by atoms with E-state index in [4.69, 9.17) is 4.74 Å². The van der Waals surface area contributed by atoms with Crippen LogP contribution in [0.15, 0.2) is 12.4 Å². The van der Waals surface area contributed by atoms with E-state index in [1.807, 2.05) is 19.4 Å². The summed E-state index contributed by atoms with van der Waals surface area (Å²) >= 11 is 0. The molecule has 3 saturated heterocycles. The molecule has 3 atom stereocenters. The molecule has 1 aromatic heterocycles. The number of carbonyl (C=O) groups is 1. The minimum absolute atomic E-state index is 0.0769. The Hall–Kier alpha value is -1.49. The SMILES string of the molecule is CN(C)C(=O)CN1C[C@@]23CN(Cc4cnn(C)c4)C[C@@H](C[C@@H]2S1(=O)=O)O3. The molecule has 0 aliphatic carbocycles. The summed E-state index contributed by atoms with van der Waals surface area (Å²) in [5, 5.41) is 3.64. The lowest BCUT2D eigenvalue weighted by molar-refractivity contribution is -0.130. The molecule has 26 heavy (non-hydrogen) atoms. The number of hydrogen-bond donors (Lipinski definition) is 0. The van der Waals surface area contributed by atoms with E-state index >= 15 is 0 Å².